The average Bonchev–Trinajstić information content (AvgIpc) is 3.10. The molecule has 5 nitrogen and oxygen atoms in total. The van der Waals surface area contributed by atoms with Gasteiger partial charge in [-0.05, 0) is 54.4 Å². The molecule has 1 aromatic rings. The molecule has 0 unspecified atom stereocenters. The lowest BCUT2D eigenvalue weighted by Gasteiger charge is -2.46. The summed E-state index contributed by atoms with van der Waals surface area (Å²) in [6, 6.07) is 9.74. The molecule has 0 aromatic heterocycles. The number of amides is 2. The molecule has 1 saturated carbocycles. The van der Waals surface area contributed by atoms with Gasteiger partial charge in [0.25, 0.3) is 5.91 Å². The van der Waals surface area contributed by atoms with Crippen molar-refractivity contribution >= 4 is 18.0 Å². The van der Waals surface area contributed by atoms with Crippen LogP contribution in [0.5, 0.6) is 0 Å². The topological polar surface area (TPSA) is 70.6 Å². The number of nitrogens with zero attached hydrogens (tertiary/aromatic N) is 1. The van der Waals surface area contributed by atoms with Gasteiger partial charge < -0.3 is 5.32 Å². The summed E-state index contributed by atoms with van der Waals surface area (Å²) < 4.78 is 0. The second kappa shape index (κ2) is 8.37. The summed E-state index contributed by atoms with van der Waals surface area (Å²) in [4.78, 5) is 25.1. The van der Waals surface area contributed by atoms with Gasteiger partial charge in [0.1, 0.15) is 5.92 Å². The molecule has 30 heavy (non-hydrogen) atoms. The fourth-order valence-corrected chi connectivity index (χ4v) is 5.58. The number of hydrogen-bond donors (Lipinski definition) is 2. The first-order valence-electron chi connectivity index (χ1n) is 11.2. The van der Waals surface area contributed by atoms with E-state index in [-0.39, 0.29) is 17.7 Å². The minimum Gasteiger partial charge on any atom is -0.355 e. The number of hydrogen-bond acceptors (Lipinski definition) is 3. The second-order valence-corrected chi connectivity index (χ2v) is 9.93. The monoisotopic (exact) mass is 407 g/mol. The molecule has 5 heteroatoms. The number of carbonyl (C=O) groups is 2. The van der Waals surface area contributed by atoms with Crippen molar-refractivity contribution in [2.24, 2.45) is 34.2 Å². The molecule has 2 fully saturated rings. The molecule has 2 amide bonds. The maximum atomic E-state index is 12.8. The number of hydrazone groups is 1. The Bertz CT molecular complexity index is 858. The maximum Gasteiger partial charge on any atom is 0.253 e. The van der Waals surface area contributed by atoms with Gasteiger partial charge in [-0.15, -0.1) is 0 Å². The molecule has 2 N–H and O–H groups in total. The summed E-state index contributed by atoms with van der Waals surface area (Å²) in [5.41, 5.74) is 5.61. The molecule has 1 heterocycles. The van der Waals surface area contributed by atoms with E-state index in [9.17, 15) is 9.59 Å². The van der Waals surface area contributed by atoms with Crippen molar-refractivity contribution < 1.29 is 9.59 Å². The summed E-state index contributed by atoms with van der Waals surface area (Å²) in [5.74, 6) is 0.00979. The highest BCUT2D eigenvalue weighted by molar-refractivity contribution is 6.03. The van der Waals surface area contributed by atoms with E-state index in [1.807, 2.05) is 36.5 Å². The van der Waals surface area contributed by atoms with E-state index in [4.69, 9.17) is 0 Å². The lowest BCUT2D eigenvalue weighted by atomic mass is 9.59. The van der Waals surface area contributed by atoms with Crippen LogP contribution in [0.2, 0.25) is 0 Å². The molecule has 5 atom stereocenters. The Morgan fingerprint density at radius 2 is 2.03 bits per heavy atom. The summed E-state index contributed by atoms with van der Waals surface area (Å²) in [6.07, 6.45) is 8.97. The zero-order chi connectivity index (χ0) is 21.3. The first-order chi connectivity index (χ1) is 14.4. The van der Waals surface area contributed by atoms with Crippen molar-refractivity contribution in [1.82, 2.24) is 10.7 Å². The van der Waals surface area contributed by atoms with Crippen LogP contribution >= 0.6 is 0 Å². The Labute approximate surface area is 179 Å². The molecular weight excluding hydrogens is 374 g/mol. The number of allylic oxidation sites excluding steroid dienone is 2. The summed E-state index contributed by atoms with van der Waals surface area (Å²) in [7, 11) is 0. The maximum absolute atomic E-state index is 12.8. The van der Waals surface area contributed by atoms with Crippen LogP contribution in [0.1, 0.15) is 57.9 Å². The van der Waals surface area contributed by atoms with E-state index in [1.165, 1.54) is 12.8 Å². The highest BCUT2D eigenvalue weighted by Crippen LogP contribution is 2.50. The Kier molecular flexibility index (Phi) is 5.81. The highest BCUT2D eigenvalue weighted by Gasteiger charge is 2.42. The highest BCUT2D eigenvalue weighted by atomic mass is 16.2. The molecule has 160 valence electrons. The third-order valence-corrected chi connectivity index (χ3v) is 7.51. The van der Waals surface area contributed by atoms with Gasteiger partial charge in [-0.3, -0.25) is 9.59 Å². The van der Waals surface area contributed by atoms with E-state index in [2.05, 4.69) is 42.7 Å². The summed E-state index contributed by atoms with van der Waals surface area (Å²) in [5, 5.41) is 7.14. The largest absolute Gasteiger partial charge is 0.355 e. The lowest BCUT2D eigenvalue weighted by Crippen LogP contribution is -2.38. The first kappa shape index (κ1) is 20.8. The van der Waals surface area contributed by atoms with Crippen molar-refractivity contribution in [2.45, 2.75) is 52.4 Å². The molecule has 2 aliphatic carbocycles. The number of rotatable bonds is 4. The van der Waals surface area contributed by atoms with E-state index >= 15 is 0 Å². The van der Waals surface area contributed by atoms with Gasteiger partial charge >= 0.3 is 0 Å². The van der Waals surface area contributed by atoms with Crippen molar-refractivity contribution in [3.63, 3.8) is 0 Å². The van der Waals surface area contributed by atoms with Crippen molar-refractivity contribution in [3.05, 3.63) is 47.5 Å². The lowest BCUT2D eigenvalue weighted by molar-refractivity contribution is -0.133. The van der Waals surface area contributed by atoms with Crippen LogP contribution in [-0.4, -0.2) is 24.6 Å². The van der Waals surface area contributed by atoms with Gasteiger partial charge in [-0.2, -0.15) is 5.10 Å². The van der Waals surface area contributed by atoms with Gasteiger partial charge in [0.2, 0.25) is 5.91 Å². The normalized spacial score (nSPS) is 33.0. The number of benzene rings is 1. The fourth-order valence-electron chi connectivity index (χ4n) is 5.58. The Hall–Kier alpha value is -2.43. The molecular formula is C25H33N3O2. The first-order valence-corrected chi connectivity index (χ1v) is 11.2. The van der Waals surface area contributed by atoms with Crippen LogP contribution in [0.3, 0.4) is 0 Å². The van der Waals surface area contributed by atoms with Gasteiger partial charge in [-0.25, -0.2) is 5.43 Å². The van der Waals surface area contributed by atoms with Gasteiger partial charge in [-0.1, -0.05) is 62.8 Å². The van der Waals surface area contributed by atoms with Crippen LogP contribution in [0.25, 0.3) is 0 Å². The molecule has 4 rings (SSSR count). The molecule has 1 aliphatic heterocycles. The fraction of sp³-hybridized carbons (Fsp3) is 0.560. The van der Waals surface area contributed by atoms with Gasteiger partial charge in [0.05, 0.1) is 0 Å². The van der Waals surface area contributed by atoms with Gasteiger partial charge in [0.15, 0.2) is 0 Å². The predicted molar refractivity (Wildman–Crippen MR) is 119 cm³/mol. The molecule has 3 aliphatic rings. The molecule has 0 spiro atoms. The van der Waals surface area contributed by atoms with Gasteiger partial charge in [0, 0.05) is 18.7 Å². The van der Waals surface area contributed by atoms with E-state index in [0.29, 0.717) is 29.7 Å². The van der Waals surface area contributed by atoms with Crippen LogP contribution in [0.15, 0.2) is 47.1 Å². The third kappa shape index (κ3) is 4.07. The summed E-state index contributed by atoms with van der Waals surface area (Å²) >= 11 is 0. The zero-order valence-corrected chi connectivity index (χ0v) is 18.2. The van der Waals surface area contributed by atoms with Crippen molar-refractivity contribution in [1.29, 1.82) is 0 Å². The molecule has 1 saturated heterocycles. The van der Waals surface area contributed by atoms with Crippen LogP contribution in [-0.2, 0) is 9.59 Å². The smallest absolute Gasteiger partial charge is 0.253 e. The average molecular weight is 408 g/mol. The minimum atomic E-state index is -0.736. The van der Waals surface area contributed by atoms with E-state index in [0.717, 1.165) is 18.4 Å². The third-order valence-electron chi connectivity index (χ3n) is 7.51. The Morgan fingerprint density at radius 1 is 1.27 bits per heavy atom. The second-order valence-electron chi connectivity index (χ2n) is 9.93. The van der Waals surface area contributed by atoms with Crippen molar-refractivity contribution in [2.75, 3.05) is 6.54 Å². The van der Waals surface area contributed by atoms with Crippen LogP contribution in [0, 0.1) is 29.1 Å². The van der Waals surface area contributed by atoms with E-state index < -0.39 is 5.92 Å². The molecule has 0 radical (unpaired) electrons. The van der Waals surface area contributed by atoms with Crippen LogP contribution < -0.4 is 10.7 Å². The molecule has 1 aromatic carbocycles. The predicted octanol–water partition coefficient (Wildman–Crippen LogP) is 4.03. The number of fused-ring (bicyclic) bond motifs is 1. The van der Waals surface area contributed by atoms with Crippen LogP contribution in [0.4, 0.5) is 0 Å². The Balaban J connectivity index is 1.41. The Morgan fingerprint density at radius 3 is 2.80 bits per heavy atom. The van der Waals surface area contributed by atoms with E-state index in [1.54, 1.807) is 5.57 Å². The number of carbonyl (C=O) groups excluding carboxylic acids is 2. The molecule has 0 bridgehead atoms. The SMILES string of the molecule is C[C@@H]1CC2=CCCC(C)(C)[C@@H]2C[C@@H]1C=NNC(=O)[C@@H]1C(=O)NC[C@@H]1c1ccccc1. The zero-order valence-electron chi connectivity index (χ0n) is 18.2. The quantitative estimate of drug-likeness (QED) is 0.342. The summed E-state index contributed by atoms with van der Waals surface area (Å²) in [6.45, 7) is 7.50. The minimum absolute atomic E-state index is 0.154. The standard InChI is InChI=1S/C25H33N3O2/c1-16-12-18-10-7-11-25(2,3)21(18)13-19(16)14-27-28-24(30)22-20(15-26-23(22)29)17-8-5-4-6-9-17/h4-6,8-10,14,16,19-22H,7,11-13,15H2,1-3H3,(H,26,29)(H,28,30)/t16-,19-,20-,21-,22+/m1/s1. The van der Waals surface area contributed by atoms with Crippen molar-refractivity contribution in [3.8, 4) is 0 Å². The number of nitrogens with one attached hydrogen (secondary N) is 2.